The highest BCUT2D eigenvalue weighted by atomic mass is 79.9. The van der Waals surface area contributed by atoms with E-state index in [1.807, 2.05) is 56.3 Å². The minimum absolute atomic E-state index is 0.364. The molecule has 1 atom stereocenters. The Labute approximate surface area is 133 Å². The van der Waals surface area contributed by atoms with Gasteiger partial charge in [0.15, 0.2) is 0 Å². The monoisotopic (exact) mass is 347 g/mol. The van der Waals surface area contributed by atoms with Crippen molar-refractivity contribution in [2.45, 2.75) is 19.8 Å². The van der Waals surface area contributed by atoms with E-state index < -0.39 is 11.9 Å². The zero-order valence-electron chi connectivity index (χ0n) is 12.1. The van der Waals surface area contributed by atoms with Gasteiger partial charge in [-0.25, -0.2) is 0 Å². The van der Waals surface area contributed by atoms with Crippen LogP contribution in [0, 0.1) is 13.8 Å². The van der Waals surface area contributed by atoms with E-state index in [4.69, 9.17) is 0 Å². The molecular formula is C17H18BrNO2. The third-order valence-corrected chi connectivity index (χ3v) is 3.94. The lowest BCUT2D eigenvalue weighted by Gasteiger charge is -2.18. The van der Waals surface area contributed by atoms with E-state index in [2.05, 4.69) is 21.2 Å². The highest BCUT2D eigenvalue weighted by Gasteiger charge is 2.19. The minimum atomic E-state index is -0.818. The van der Waals surface area contributed by atoms with Gasteiger partial charge in [0.05, 0.1) is 5.92 Å². The maximum atomic E-state index is 11.5. The molecule has 0 aliphatic heterocycles. The molecule has 0 saturated heterocycles. The van der Waals surface area contributed by atoms with Crippen LogP contribution < -0.4 is 5.32 Å². The van der Waals surface area contributed by atoms with E-state index in [1.165, 1.54) is 0 Å². The lowest BCUT2D eigenvalue weighted by molar-refractivity contribution is -0.138. The van der Waals surface area contributed by atoms with Gasteiger partial charge in [-0.2, -0.15) is 0 Å². The average Bonchev–Trinajstić information content (AvgIpc) is 2.42. The van der Waals surface area contributed by atoms with Crippen LogP contribution in [-0.2, 0) is 4.79 Å². The summed E-state index contributed by atoms with van der Waals surface area (Å²) in [6.07, 6.45) is 0. The maximum Gasteiger partial charge on any atom is 0.312 e. The lowest BCUT2D eigenvalue weighted by Crippen LogP contribution is -2.21. The summed E-state index contributed by atoms with van der Waals surface area (Å²) < 4.78 is 1.03. The highest BCUT2D eigenvalue weighted by Crippen LogP contribution is 2.26. The number of hydrogen-bond donors (Lipinski definition) is 2. The van der Waals surface area contributed by atoms with Gasteiger partial charge < -0.3 is 10.4 Å². The van der Waals surface area contributed by atoms with Gasteiger partial charge >= 0.3 is 5.97 Å². The highest BCUT2D eigenvalue weighted by molar-refractivity contribution is 9.10. The van der Waals surface area contributed by atoms with Crippen molar-refractivity contribution in [3.8, 4) is 0 Å². The lowest BCUT2D eigenvalue weighted by atomic mass is 9.99. The first kappa shape index (κ1) is 15.6. The molecule has 4 heteroatoms. The topological polar surface area (TPSA) is 49.3 Å². The summed E-state index contributed by atoms with van der Waals surface area (Å²) in [5.41, 5.74) is 4.00. The number of aliphatic carboxylic acids is 1. The molecule has 1 unspecified atom stereocenters. The number of anilines is 1. The number of carbonyl (C=O) groups is 1. The molecule has 2 aromatic rings. The molecule has 0 aliphatic rings. The molecule has 2 aromatic carbocycles. The van der Waals surface area contributed by atoms with Crippen molar-refractivity contribution in [1.82, 2.24) is 0 Å². The molecule has 0 aromatic heterocycles. The van der Waals surface area contributed by atoms with Crippen molar-refractivity contribution >= 4 is 27.6 Å². The first-order chi connectivity index (χ1) is 9.99. The van der Waals surface area contributed by atoms with Gasteiger partial charge in [0.25, 0.3) is 0 Å². The fourth-order valence-electron chi connectivity index (χ4n) is 2.43. The number of aryl methyl sites for hydroxylation is 2. The van der Waals surface area contributed by atoms with Gasteiger partial charge in [0.2, 0.25) is 0 Å². The van der Waals surface area contributed by atoms with Gasteiger partial charge in [-0.3, -0.25) is 4.79 Å². The van der Waals surface area contributed by atoms with Crippen LogP contribution in [-0.4, -0.2) is 17.6 Å². The normalized spacial score (nSPS) is 12.0. The van der Waals surface area contributed by atoms with Gasteiger partial charge in [-0.1, -0.05) is 46.3 Å². The predicted molar refractivity (Wildman–Crippen MR) is 88.9 cm³/mol. The summed E-state index contributed by atoms with van der Waals surface area (Å²) >= 11 is 3.47. The number of rotatable bonds is 5. The number of hydrogen-bond acceptors (Lipinski definition) is 2. The van der Waals surface area contributed by atoms with Crippen molar-refractivity contribution in [3.05, 3.63) is 63.6 Å². The molecule has 0 aliphatic carbocycles. The van der Waals surface area contributed by atoms with Crippen LogP contribution in [0.2, 0.25) is 0 Å². The maximum absolute atomic E-state index is 11.5. The molecule has 0 spiro atoms. The first-order valence-corrected chi connectivity index (χ1v) is 7.56. The molecule has 0 bridgehead atoms. The van der Waals surface area contributed by atoms with E-state index in [-0.39, 0.29) is 0 Å². The number of nitrogens with one attached hydrogen (secondary N) is 1. The molecule has 2 rings (SSSR count). The Bertz CT molecular complexity index is 617. The van der Waals surface area contributed by atoms with Crippen LogP contribution in [0.25, 0.3) is 0 Å². The number of carboxylic acid groups (broad SMARTS) is 1. The smallest absolute Gasteiger partial charge is 0.312 e. The summed E-state index contributed by atoms with van der Waals surface area (Å²) in [6, 6.07) is 13.4. The summed E-state index contributed by atoms with van der Waals surface area (Å²) in [7, 11) is 0. The summed E-state index contributed by atoms with van der Waals surface area (Å²) in [5, 5.41) is 12.7. The van der Waals surface area contributed by atoms with Gasteiger partial charge in [0.1, 0.15) is 0 Å². The Balaban J connectivity index is 2.19. The van der Waals surface area contributed by atoms with Crippen LogP contribution >= 0.6 is 15.9 Å². The van der Waals surface area contributed by atoms with Crippen LogP contribution in [0.3, 0.4) is 0 Å². The Morgan fingerprint density at radius 2 is 1.76 bits per heavy atom. The fourth-order valence-corrected chi connectivity index (χ4v) is 3.11. The minimum Gasteiger partial charge on any atom is -0.481 e. The molecule has 110 valence electrons. The Kier molecular flexibility index (Phi) is 5.02. The molecule has 0 radical (unpaired) electrons. The van der Waals surface area contributed by atoms with Gasteiger partial charge in [-0.05, 0) is 42.7 Å². The molecule has 2 N–H and O–H groups in total. The summed E-state index contributed by atoms with van der Waals surface area (Å²) in [5.74, 6) is -1.38. The summed E-state index contributed by atoms with van der Waals surface area (Å²) in [6.45, 7) is 4.39. The Hall–Kier alpha value is -1.81. The Morgan fingerprint density at radius 3 is 2.29 bits per heavy atom. The van der Waals surface area contributed by atoms with Crippen molar-refractivity contribution in [1.29, 1.82) is 0 Å². The largest absolute Gasteiger partial charge is 0.481 e. The Morgan fingerprint density at radius 1 is 1.19 bits per heavy atom. The second kappa shape index (κ2) is 6.76. The SMILES string of the molecule is Cc1cc(Br)cc(C)c1NCC(C(=O)O)c1ccccc1. The van der Waals surface area contributed by atoms with Crippen molar-refractivity contribution < 1.29 is 9.90 Å². The molecule has 21 heavy (non-hydrogen) atoms. The quantitative estimate of drug-likeness (QED) is 0.845. The van der Waals surface area contributed by atoms with Crippen LogP contribution in [0.5, 0.6) is 0 Å². The molecule has 0 fully saturated rings. The van der Waals surface area contributed by atoms with E-state index in [0.717, 1.165) is 26.9 Å². The van der Waals surface area contributed by atoms with Crippen LogP contribution in [0.4, 0.5) is 5.69 Å². The van der Waals surface area contributed by atoms with E-state index in [1.54, 1.807) is 0 Å². The standard InChI is InChI=1S/C17H18BrNO2/c1-11-8-14(18)9-12(2)16(11)19-10-15(17(20)21)13-6-4-3-5-7-13/h3-9,15,19H,10H2,1-2H3,(H,20,21). The second-order valence-corrected chi connectivity index (χ2v) is 6.01. The fraction of sp³-hybridized carbons (Fsp3) is 0.235. The van der Waals surface area contributed by atoms with Crippen molar-refractivity contribution in [2.75, 3.05) is 11.9 Å². The van der Waals surface area contributed by atoms with Crippen molar-refractivity contribution in [3.63, 3.8) is 0 Å². The molecule has 3 nitrogen and oxygen atoms in total. The molecule has 0 amide bonds. The average molecular weight is 348 g/mol. The zero-order valence-corrected chi connectivity index (χ0v) is 13.6. The van der Waals surface area contributed by atoms with Crippen molar-refractivity contribution in [2.24, 2.45) is 0 Å². The van der Waals surface area contributed by atoms with E-state index in [0.29, 0.717) is 6.54 Å². The number of carboxylic acids is 1. The first-order valence-electron chi connectivity index (χ1n) is 6.77. The third-order valence-electron chi connectivity index (χ3n) is 3.48. The van der Waals surface area contributed by atoms with E-state index in [9.17, 15) is 9.90 Å². The number of benzene rings is 2. The molecule has 0 saturated carbocycles. The predicted octanol–water partition coefficient (Wildman–Crippen LogP) is 4.35. The van der Waals surface area contributed by atoms with Crippen LogP contribution in [0.1, 0.15) is 22.6 Å². The van der Waals surface area contributed by atoms with Gasteiger partial charge in [-0.15, -0.1) is 0 Å². The summed E-state index contributed by atoms with van der Waals surface area (Å²) in [4.78, 5) is 11.5. The second-order valence-electron chi connectivity index (χ2n) is 5.10. The third kappa shape index (κ3) is 3.85. The zero-order chi connectivity index (χ0) is 15.4. The molecule has 0 heterocycles. The van der Waals surface area contributed by atoms with Crippen LogP contribution in [0.15, 0.2) is 46.9 Å². The van der Waals surface area contributed by atoms with E-state index >= 15 is 0 Å². The molecular weight excluding hydrogens is 330 g/mol. The number of halogens is 1. The van der Waals surface area contributed by atoms with Gasteiger partial charge in [0, 0.05) is 16.7 Å².